The average Bonchev–Trinajstić information content (AvgIpc) is 2.75. The fourth-order valence-corrected chi connectivity index (χ4v) is 3.08. The molecule has 0 atom stereocenters. The summed E-state index contributed by atoms with van der Waals surface area (Å²) in [5, 5.41) is 0.723. The molecule has 9 heteroatoms. The number of fused-ring (bicyclic) bond motifs is 1. The summed E-state index contributed by atoms with van der Waals surface area (Å²) in [6, 6.07) is 7.77. The molecule has 1 amide bonds. The Morgan fingerprint density at radius 2 is 1.83 bits per heavy atom. The van der Waals surface area contributed by atoms with Gasteiger partial charge in [-0.05, 0) is 31.0 Å². The van der Waals surface area contributed by atoms with Gasteiger partial charge in [-0.25, -0.2) is 9.59 Å². The second-order valence-corrected chi connectivity index (χ2v) is 6.58. The smallest absolute Gasteiger partial charge is 0.344 e. The highest BCUT2D eigenvalue weighted by molar-refractivity contribution is 5.82. The van der Waals surface area contributed by atoms with E-state index >= 15 is 0 Å². The zero-order valence-corrected chi connectivity index (χ0v) is 15.9. The Morgan fingerprint density at radius 3 is 2.55 bits per heavy atom. The highest BCUT2D eigenvalue weighted by Crippen LogP contribution is 2.20. The number of carbonyl (C=O) groups is 3. The van der Waals surface area contributed by atoms with Crippen molar-refractivity contribution in [3.8, 4) is 5.75 Å². The van der Waals surface area contributed by atoms with Gasteiger partial charge < -0.3 is 23.5 Å². The maximum atomic E-state index is 12.2. The van der Waals surface area contributed by atoms with Crippen molar-refractivity contribution in [1.29, 1.82) is 0 Å². The number of ether oxygens (including phenoxy) is 3. The monoisotopic (exact) mass is 403 g/mol. The number of benzene rings is 1. The first kappa shape index (κ1) is 20.4. The number of carbonyl (C=O) groups excluding carboxylic acids is 3. The highest BCUT2D eigenvalue weighted by Gasteiger charge is 2.28. The van der Waals surface area contributed by atoms with Gasteiger partial charge in [0.1, 0.15) is 11.3 Å². The number of hydrogen-bond donors (Lipinski definition) is 0. The van der Waals surface area contributed by atoms with Gasteiger partial charge in [0.05, 0.1) is 13.0 Å². The quantitative estimate of drug-likeness (QED) is 0.521. The van der Waals surface area contributed by atoms with Crippen LogP contribution in [0.25, 0.3) is 11.0 Å². The van der Waals surface area contributed by atoms with E-state index in [-0.39, 0.29) is 24.4 Å². The van der Waals surface area contributed by atoms with Gasteiger partial charge in [0.2, 0.25) is 0 Å². The summed E-state index contributed by atoms with van der Waals surface area (Å²) in [5.41, 5.74) is -0.142. The molecule has 1 aromatic heterocycles. The molecule has 9 nitrogen and oxygen atoms in total. The van der Waals surface area contributed by atoms with Crippen molar-refractivity contribution in [1.82, 2.24) is 4.90 Å². The van der Waals surface area contributed by atoms with Crippen molar-refractivity contribution in [2.24, 2.45) is 5.92 Å². The van der Waals surface area contributed by atoms with Crippen LogP contribution in [0.5, 0.6) is 5.75 Å². The molecular weight excluding hydrogens is 382 g/mol. The number of likely N-dealkylation sites (tertiary alicyclic amines) is 1. The number of nitrogens with zero attached hydrogens (tertiary/aromatic N) is 1. The Balaban J connectivity index is 1.42. The minimum absolute atomic E-state index is 0.202. The third-order valence-electron chi connectivity index (χ3n) is 4.69. The van der Waals surface area contributed by atoms with Gasteiger partial charge in [-0.3, -0.25) is 9.59 Å². The van der Waals surface area contributed by atoms with E-state index in [1.54, 1.807) is 23.1 Å². The summed E-state index contributed by atoms with van der Waals surface area (Å²) >= 11 is 0. The van der Waals surface area contributed by atoms with Gasteiger partial charge in [0, 0.05) is 30.6 Å². The van der Waals surface area contributed by atoms with Crippen LogP contribution in [0.15, 0.2) is 39.5 Å². The highest BCUT2D eigenvalue weighted by atomic mass is 16.6. The van der Waals surface area contributed by atoms with Crippen molar-refractivity contribution in [3.63, 3.8) is 0 Å². The van der Waals surface area contributed by atoms with Crippen LogP contribution in [-0.4, -0.2) is 56.2 Å². The molecular formula is C20H21NO8. The van der Waals surface area contributed by atoms with Crippen LogP contribution in [0.4, 0.5) is 0 Å². The van der Waals surface area contributed by atoms with E-state index < -0.39 is 18.2 Å². The molecule has 29 heavy (non-hydrogen) atoms. The predicted octanol–water partition coefficient (Wildman–Crippen LogP) is 1.13. The summed E-state index contributed by atoms with van der Waals surface area (Å²) < 4.78 is 20.1. The second-order valence-electron chi connectivity index (χ2n) is 6.58. The number of methoxy groups -OCH3 is 1. The van der Waals surface area contributed by atoms with Crippen LogP contribution in [0.1, 0.15) is 12.8 Å². The Hall–Kier alpha value is -3.36. The van der Waals surface area contributed by atoms with Crippen molar-refractivity contribution >= 4 is 28.8 Å². The Bertz CT molecular complexity index is 958. The molecule has 0 spiro atoms. The maximum Gasteiger partial charge on any atom is 0.344 e. The van der Waals surface area contributed by atoms with E-state index in [1.807, 2.05) is 0 Å². The standard InChI is InChI=1S/C20H21NO8/c1-26-20(25)14-6-8-21(9-7-14)17(22)11-28-19(24)12-27-15-4-2-13-3-5-18(23)29-16(13)10-15/h2-5,10,14H,6-9,11-12H2,1H3. The molecule has 1 aliphatic heterocycles. The topological polar surface area (TPSA) is 112 Å². The molecule has 154 valence electrons. The Labute approximate surface area is 166 Å². The maximum absolute atomic E-state index is 12.2. The van der Waals surface area contributed by atoms with E-state index in [9.17, 15) is 19.2 Å². The van der Waals surface area contributed by atoms with Crippen molar-refractivity contribution in [2.75, 3.05) is 33.4 Å². The van der Waals surface area contributed by atoms with Crippen LogP contribution >= 0.6 is 0 Å². The molecule has 1 saturated heterocycles. The van der Waals surface area contributed by atoms with Crippen LogP contribution in [0.2, 0.25) is 0 Å². The number of piperidine rings is 1. The van der Waals surface area contributed by atoms with E-state index in [0.29, 0.717) is 37.3 Å². The first-order valence-electron chi connectivity index (χ1n) is 9.14. The zero-order chi connectivity index (χ0) is 20.8. The number of esters is 2. The summed E-state index contributed by atoms with van der Waals surface area (Å²) in [7, 11) is 1.34. The molecule has 0 unspecified atom stereocenters. The van der Waals surface area contributed by atoms with Crippen molar-refractivity contribution < 1.29 is 33.0 Å². The largest absolute Gasteiger partial charge is 0.482 e. The van der Waals surface area contributed by atoms with Gasteiger partial charge in [-0.1, -0.05) is 0 Å². The molecule has 0 radical (unpaired) electrons. The van der Waals surface area contributed by atoms with Gasteiger partial charge in [0.15, 0.2) is 13.2 Å². The number of rotatable bonds is 6. The summed E-state index contributed by atoms with van der Waals surface area (Å²) in [6.07, 6.45) is 1.04. The lowest BCUT2D eigenvalue weighted by Gasteiger charge is -2.30. The van der Waals surface area contributed by atoms with E-state index in [4.69, 9.17) is 18.6 Å². The second kappa shape index (κ2) is 9.22. The SMILES string of the molecule is COC(=O)C1CCN(C(=O)COC(=O)COc2ccc3ccc(=O)oc3c2)CC1. The molecule has 0 N–H and O–H groups in total. The molecule has 2 aromatic rings. The molecule has 0 bridgehead atoms. The molecule has 1 aliphatic rings. The fraction of sp³-hybridized carbons (Fsp3) is 0.400. The van der Waals surface area contributed by atoms with Crippen molar-refractivity contribution in [2.45, 2.75) is 12.8 Å². The summed E-state index contributed by atoms with van der Waals surface area (Å²) in [4.78, 5) is 48.3. The summed E-state index contributed by atoms with van der Waals surface area (Å²) in [5.74, 6) is -1.16. The van der Waals surface area contributed by atoms with Crippen LogP contribution in [-0.2, 0) is 23.9 Å². The van der Waals surface area contributed by atoms with Gasteiger partial charge in [-0.15, -0.1) is 0 Å². The van der Waals surface area contributed by atoms with Gasteiger partial charge in [-0.2, -0.15) is 0 Å². The first-order chi connectivity index (χ1) is 14.0. The fourth-order valence-electron chi connectivity index (χ4n) is 3.08. The number of hydrogen-bond acceptors (Lipinski definition) is 8. The number of amides is 1. The lowest BCUT2D eigenvalue weighted by molar-refractivity contribution is -0.155. The lowest BCUT2D eigenvalue weighted by atomic mass is 9.97. The van der Waals surface area contributed by atoms with E-state index in [1.165, 1.54) is 19.2 Å². The Kier molecular flexibility index (Phi) is 6.48. The third kappa shape index (κ3) is 5.34. The van der Waals surface area contributed by atoms with E-state index in [2.05, 4.69) is 0 Å². The molecule has 2 heterocycles. The van der Waals surface area contributed by atoms with Gasteiger partial charge >= 0.3 is 17.6 Å². The average molecular weight is 403 g/mol. The van der Waals surface area contributed by atoms with Crippen LogP contribution < -0.4 is 10.4 Å². The third-order valence-corrected chi connectivity index (χ3v) is 4.69. The van der Waals surface area contributed by atoms with Gasteiger partial charge in [0.25, 0.3) is 5.91 Å². The molecule has 0 saturated carbocycles. The first-order valence-corrected chi connectivity index (χ1v) is 9.14. The molecule has 1 aromatic carbocycles. The summed E-state index contributed by atoms with van der Waals surface area (Å²) in [6.45, 7) is 0.0435. The van der Waals surface area contributed by atoms with E-state index in [0.717, 1.165) is 5.39 Å². The normalized spacial score (nSPS) is 14.4. The minimum Gasteiger partial charge on any atom is -0.482 e. The molecule has 1 fully saturated rings. The van der Waals surface area contributed by atoms with Crippen LogP contribution in [0, 0.1) is 5.92 Å². The Morgan fingerprint density at radius 1 is 1.10 bits per heavy atom. The zero-order valence-electron chi connectivity index (χ0n) is 15.9. The van der Waals surface area contributed by atoms with Crippen molar-refractivity contribution in [3.05, 3.63) is 40.8 Å². The minimum atomic E-state index is -0.697. The predicted molar refractivity (Wildman–Crippen MR) is 100 cm³/mol. The molecule has 0 aliphatic carbocycles. The lowest BCUT2D eigenvalue weighted by Crippen LogP contribution is -2.42. The molecule has 3 rings (SSSR count). The van der Waals surface area contributed by atoms with Crippen LogP contribution in [0.3, 0.4) is 0 Å².